The van der Waals surface area contributed by atoms with E-state index in [1.54, 1.807) is 0 Å². The van der Waals surface area contributed by atoms with Crippen LogP contribution >= 0.6 is 7.82 Å². The normalized spacial score (nSPS) is 12.8. The van der Waals surface area contributed by atoms with E-state index < -0.39 is 15.9 Å². The SMILES string of the molecule is C=C[Si](C)(C)CCCOP(=O)(OC)OC. The van der Waals surface area contributed by atoms with Crippen molar-refractivity contribution >= 4 is 15.9 Å². The molecule has 0 heterocycles. The summed E-state index contributed by atoms with van der Waals surface area (Å²) in [5, 5.41) is 0. The molecule has 6 heteroatoms. The third-order valence-corrected chi connectivity index (χ3v) is 6.36. The van der Waals surface area contributed by atoms with Crippen LogP contribution in [0.4, 0.5) is 0 Å². The Hall–Kier alpha value is 0.0669. The monoisotopic (exact) mass is 252 g/mol. The first-order valence-electron chi connectivity index (χ1n) is 4.89. The first-order valence-corrected chi connectivity index (χ1v) is 9.63. The Morgan fingerprint density at radius 2 is 1.87 bits per heavy atom. The molecule has 0 rings (SSSR count). The predicted octanol–water partition coefficient (Wildman–Crippen LogP) is 3.23. The first kappa shape index (κ1) is 15.1. The van der Waals surface area contributed by atoms with Crippen LogP contribution in [0.25, 0.3) is 0 Å². The summed E-state index contributed by atoms with van der Waals surface area (Å²) in [6.07, 6.45) is 0.849. The highest BCUT2D eigenvalue weighted by Gasteiger charge is 2.23. The van der Waals surface area contributed by atoms with Gasteiger partial charge in [-0.25, -0.2) is 4.57 Å². The molecule has 0 unspecified atom stereocenters. The molecule has 0 fully saturated rings. The molecule has 0 aliphatic heterocycles. The zero-order valence-corrected chi connectivity index (χ0v) is 11.9. The van der Waals surface area contributed by atoms with Crippen molar-refractivity contribution in [2.24, 2.45) is 0 Å². The van der Waals surface area contributed by atoms with Gasteiger partial charge in [-0.05, 0) is 6.42 Å². The number of hydrogen-bond donors (Lipinski definition) is 0. The van der Waals surface area contributed by atoms with Crippen LogP contribution < -0.4 is 0 Å². The Balaban J connectivity index is 3.81. The molecular formula is C9H21O4PSi. The standard InChI is InChI=1S/C9H21O4PSi/c1-6-15(4,5)9-7-8-13-14(10,11-2)12-3/h6H,1,7-9H2,2-5H3. The van der Waals surface area contributed by atoms with Gasteiger partial charge in [-0.1, -0.05) is 19.1 Å². The summed E-state index contributed by atoms with van der Waals surface area (Å²) in [5.74, 6) is 0. The summed E-state index contributed by atoms with van der Waals surface area (Å²) >= 11 is 0. The van der Waals surface area contributed by atoms with Crippen LogP contribution in [0.15, 0.2) is 12.3 Å². The van der Waals surface area contributed by atoms with Crippen molar-refractivity contribution in [3.8, 4) is 0 Å². The molecular weight excluding hydrogens is 231 g/mol. The number of phosphoric acid groups is 1. The molecule has 90 valence electrons. The van der Waals surface area contributed by atoms with Gasteiger partial charge in [-0.15, -0.1) is 12.3 Å². The third kappa shape index (κ3) is 6.28. The Labute approximate surface area is 93.2 Å². The Morgan fingerprint density at radius 1 is 1.33 bits per heavy atom. The molecule has 0 bridgehead atoms. The Kier molecular flexibility index (Phi) is 6.64. The molecule has 0 aromatic carbocycles. The number of rotatable bonds is 8. The van der Waals surface area contributed by atoms with Gasteiger partial charge in [0, 0.05) is 14.2 Å². The second-order valence-electron chi connectivity index (χ2n) is 3.94. The van der Waals surface area contributed by atoms with E-state index in [-0.39, 0.29) is 0 Å². The fraction of sp³-hybridized carbons (Fsp3) is 0.778. The molecule has 0 amide bonds. The van der Waals surface area contributed by atoms with Crippen LogP contribution in [0.2, 0.25) is 19.1 Å². The molecule has 0 spiro atoms. The van der Waals surface area contributed by atoms with Gasteiger partial charge in [0.05, 0.1) is 14.7 Å². The molecule has 0 N–H and O–H groups in total. The summed E-state index contributed by atoms with van der Waals surface area (Å²) in [6, 6.07) is 1.06. The zero-order chi connectivity index (χ0) is 11.9. The molecule has 0 aliphatic rings. The maximum atomic E-state index is 11.5. The van der Waals surface area contributed by atoms with Crippen LogP contribution in [0.1, 0.15) is 6.42 Å². The van der Waals surface area contributed by atoms with Crippen molar-refractivity contribution in [3.63, 3.8) is 0 Å². The minimum Gasteiger partial charge on any atom is -0.290 e. The Bertz CT molecular complexity index is 234. The van der Waals surface area contributed by atoms with Crippen LogP contribution in [0, 0.1) is 0 Å². The minimum atomic E-state index is -3.28. The average Bonchev–Trinajstić information content (AvgIpc) is 2.24. The molecule has 0 radical (unpaired) electrons. The highest BCUT2D eigenvalue weighted by Crippen LogP contribution is 2.47. The maximum Gasteiger partial charge on any atom is 0.474 e. The highest BCUT2D eigenvalue weighted by atomic mass is 31.2. The largest absolute Gasteiger partial charge is 0.474 e. The van der Waals surface area contributed by atoms with E-state index in [1.165, 1.54) is 14.2 Å². The van der Waals surface area contributed by atoms with E-state index in [0.29, 0.717) is 6.61 Å². The lowest BCUT2D eigenvalue weighted by Crippen LogP contribution is -2.22. The molecule has 4 nitrogen and oxygen atoms in total. The van der Waals surface area contributed by atoms with E-state index in [9.17, 15) is 4.57 Å². The summed E-state index contributed by atoms with van der Waals surface area (Å²) in [5.41, 5.74) is 2.04. The predicted molar refractivity (Wildman–Crippen MR) is 64.7 cm³/mol. The van der Waals surface area contributed by atoms with Gasteiger partial charge >= 0.3 is 7.82 Å². The van der Waals surface area contributed by atoms with Gasteiger partial charge in [-0.3, -0.25) is 13.6 Å². The topological polar surface area (TPSA) is 44.8 Å². The lowest BCUT2D eigenvalue weighted by molar-refractivity contribution is 0.152. The molecule has 0 saturated carbocycles. The second-order valence-corrected chi connectivity index (χ2v) is 10.7. The van der Waals surface area contributed by atoms with Crippen LogP contribution in [-0.4, -0.2) is 28.9 Å². The van der Waals surface area contributed by atoms with Crippen molar-refractivity contribution in [2.75, 3.05) is 20.8 Å². The molecule has 0 atom stereocenters. The third-order valence-electron chi connectivity index (χ3n) is 2.21. The second kappa shape index (κ2) is 6.61. The molecule has 0 aliphatic carbocycles. The highest BCUT2D eigenvalue weighted by molar-refractivity contribution is 7.48. The van der Waals surface area contributed by atoms with E-state index in [0.717, 1.165) is 12.5 Å². The van der Waals surface area contributed by atoms with Crippen molar-refractivity contribution in [1.29, 1.82) is 0 Å². The number of phosphoric ester groups is 1. The number of hydrogen-bond acceptors (Lipinski definition) is 4. The van der Waals surface area contributed by atoms with Crippen molar-refractivity contribution in [2.45, 2.75) is 25.6 Å². The van der Waals surface area contributed by atoms with E-state index in [2.05, 4.69) is 28.7 Å². The summed E-state index contributed by atoms with van der Waals surface area (Å²) < 4.78 is 25.8. The van der Waals surface area contributed by atoms with Gasteiger partial charge in [0.25, 0.3) is 0 Å². The first-order chi connectivity index (χ1) is 6.89. The fourth-order valence-electron chi connectivity index (χ4n) is 0.986. The van der Waals surface area contributed by atoms with Crippen LogP contribution in [0.3, 0.4) is 0 Å². The summed E-state index contributed by atoms with van der Waals surface area (Å²) in [7, 11) is -1.94. The zero-order valence-electron chi connectivity index (χ0n) is 9.99. The molecule has 0 saturated heterocycles. The van der Waals surface area contributed by atoms with Gasteiger partial charge in [-0.2, -0.15) is 0 Å². The Morgan fingerprint density at radius 3 is 2.27 bits per heavy atom. The average molecular weight is 252 g/mol. The van der Waals surface area contributed by atoms with E-state index in [4.69, 9.17) is 4.52 Å². The molecule has 0 aromatic rings. The van der Waals surface area contributed by atoms with E-state index >= 15 is 0 Å². The quantitative estimate of drug-likeness (QED) is 0.378. The van der Waals surface area contributed by atoms with Gasteiger partial charge < -0.3 is 0 Å². The molecule has 15 heavy (non-hydrogen) atoms. The lowest BCUT2D eigenvalue weighted by Gasteiger charge is -2.18. The van der Waals surface area contributed by atoms with Crippen molar-refractivity contribution in [1.82, 2.24) is 0 Å². The molecule has 0 aromatic heterocycles. The van der Waals surface area contributed by atoms with E-state index in [1.807, 2.05) is 5.70 Å². The summed E-state index contributed by atoms with van der Waals surface area (Å²) in [6.45, 7) is 8.66. The smallest absolute Gasteiger partial charge is 0.290 e. The van der Waals surface area contributed by atoms with Crippen molar-refractivity contribution < 1.29 is 18.1 Å². The summed E-state index contributed by atoms with van der Waals surface area (Å²) in [4.78, 5) is 0. The van der Waals surface area contributed by atoms with Crippen LogP contribution in [-0.2, 0) is 18.1 Å². The van der Waals surface area contributed by atoms with Gasteiger partial charge in [0.15, 0.2) is 0 Å². The van der Waals surface area contributed by atoms with Gasteiger partial charge in [0.2, 0.25) is 0 Å². The fourth-order valence-corrected chi connectivity index (χ4v) is 2.96. The minimum absolute atomic E-state index is 0.392. The van der Waals surface area contributed by atoms with Crippen molar-refractivity contribution in [3.05, 3.63) is 12.3 Å². The van der Waals surface area contributed by atoms with Gasteiger partial charge in [0.1, 0.15) is 0 Å². The lowest BCUT2D eigenvalue weighted by atomic mass is 10.5. The maximum absolute atomic E-state index is 11.5. The van der Waals surface area contributed by atoms with Crippen LogP contribution in [0.5, 0.6) is 0 Å².